The summed E-state index contributed by atoms with van der Waals surface area (Å²) in [6.45, 7) is 8.55. The van der Waals surface area contributed by atoms with Crippen molar-refractivity contribution in [1.29, 1.82) is 0 Å². The summed E-state index contributed by atoms with van der Waals surface area (Å²) in [6, 6.07) is 0.822. The maximum atomic E-state index is 2.63. The van der Waals surface area contributed by atoms with Gasteiger partial charge in [0.15, 0.2) is 0 Å². The Labute approximate surface area is 89.3 Å². The van der Waals surface area contributed by atoms with Crippen LogP contribution in [-0.4, -0.2) is 49.6 Å². The van der Waals surface area contributed by atoms with Crippen LogP contribution in [0.4, 0.5) is 0 Å². The number of rotatable bonds is 4. The van der Waals surface area contributed by atoms with Crippen LogP contribution in [0.1, 0.15) is 33.1 Å². The molecule has 2 heteroatoms. The van der Waals surface area contributed by atoms with Crippen molar-refractivity contribution in [3.8, 4) is 0 Å². The van der Waals surface area contributed by atoms with Gasteiger partial charge in [0.1, 0.15) is 0 Å². The Kier molecular flexibility index (Phi) is 4.90. The SMILES string of the molecule is CC[C@@H](C)CN1CCC(N(C)C)CC1. The monoisotopic (exact) mass is 198 g/mol. The Morgan fingerprint density at radius 1 is 1.29 bits per heavy atom. The van der Waals surface area contributed by atoms with Crippen molar-refractivity contribution in [2.75, 3.05) is 33.7 Å². The Hall–Kier alpha value is -0.0800. The molecule has 0 amide bonds. The molecule has 0 bridgehead atoms. The topological polar surface area (TPSA) is 6.48 Å². The Morgan fingerprint density at radius 2 is 1.86 bits per heavy atom. The van der Waals surface area contributed by atoms with Gasteiger partial charge in [-0.05, 0) is 45.9 Å². The second-order valence-corrected chi connectivity index (χ2v) is 5.01. The van der Waals surface area contributed by atoms with Gasteiger partial charge in [-0.3, -0.25) is 0 Å². The highest BCUT2D eigenvalue weighted by Crippen LogP contribution is 2.15. The lowest BCUT2D eigenvalue weighted by Crippen LogP contribution is -2.43. The van der Waals surface area contributed by atoms with E-state index in [2.05, 4.69) is 37.7 Å². The van der Waals surface area contributed by atoms with Crippen LogP contribution < -0.4 is 0 Å². The third kappa shape index (κ3) is 3.58. The van der Waals surface area contributed by atoms with E-state index in [1.54, 1.807) is 0 Å². The van der Waals surface area contributed by atoms with Crippen LogP contribution in [0.2, 0.25) is 0 Å². The van der Waals surface area contributed by atoms with E-state index in [0.717, 1.165) is 12.0 Å². The van der Waals surface area contributed by atoms with Crippen molar-refractivity contribution in [1.82, 2.24) is 9.80 Å². The number of hydrogen-bond donors (Lipinski definition) is 0. The standard InChI is InChI=1S/C12H26N2/c1-5-11(2)10-14-8-6-12(7-9-14)13(3)4/h11-12H,5-10H2,1-4H3/t11-/m1/s1. The molecule has 84 valence electrons. The quantitative estimate of drug-likeness (QED) is 0.682. The predicted octanol–water partition coefficient (Wildman–Crippen LogP) is 2.06. The lowest BCUT2D eigenvalue weighted by Gasteiger charge is -2.36. The van der Waals surface area contributed by atoms with Crippen LogP contribution in [-0.2, 0) is 0 Å². The molecular weight excluding hydrogens is 172 g/mol. The van der Waals surface area contributed by atoms with Gasteiger partial charge in [-0.25, -0.2) is 0 Å². The Balaban J connectivity index is 2.22. The zero-order valence-corrected chi connectivity index (χ0v) is 10.3. The van der Waals surface area contributed by atoms with Crippen LogP contribution in [0, 0.1) is 5.92 Å². The summed E-state index contributed by atoms with van der Waals surface area (Å²) in [4.78, 5) is 5.01. The van der Waals surface area contributed by atoms with Crippen LogP contribution in [0.3, 0.4) is 0 Å². The van der Waals surface area contributed by atoms with Gasteiger partial charge in [0.25, 0.3) is 0 Å². The van der Waals surface area contributed by atoms with Crippen LogP contribution >= 0.6 is 0 Å². The van der Waals surface area contributed by atoms with Gasteiger partial charge in [0.05, 0.1) is 0 Å². The molecule has 0 aromatic heterocycles. The molecular formula is C12H26N2. The minimum atomic E-state index is 0.822. The van der Waals surface area contributed by atoms with Crippen LogP contribution in [0.15, 0.2) is 0 Å². The first-order valence-corrected chi connectivity index (χ1v) is 6.02. The summed E-state index contributed by atoms with van der Waals surface area (Å²) >= 11 is 0. The fourth-order valence-corrected chi connectivity index (χ4v) is 2.19. The zero-order valence-electron chi connectivity index (χ0n) is 10.3. The van der Waals surface area contributed by atoms with Gasteiger partial charge in [0.2, 0.25) is 0 Å². The normalized spacial score (nSPS) is 22.9. The molecule has 1 atom stereocenters. The third-order valence-corrected chi connectivity index (χ3v) is 3.55. The fraction of sp³-hybridized carbons (Fsp3) is 1.00. The summed E-state index contributed by atoms with van der Waals surface area (Å²) in [6.07, 6.45) is 4.01. The molecule has 0 N–H and O–H groups in total. The molecule has 1 aliphatic rings. The molecule has 0 saturated carbocycles. The summed E-state index contributed by atoms with van der Waals surface area (Å²) in [5.74, 6) is 0.867. The van der Waals surface area contributed by atoms with E-state index in [1.165, 1.54) is 38.9 Å². The van der Waals surface area contributed by atoms with E-state index < -0.39 is 0 Å². The van der Waals surface area contributed by atoms with Gasteiger partial charge in [0, 0.05) is 12.6 Å². The number of nitrogens with zero attached hydrogens (tertiary/aromatic N) is 2. The predicted molar refractivity (Wildman–Crippen MR) is 62.6 cm³/mol. The van der Waals surface area contributed by atoms with E-state index in [0.29, 0.717) is 0 Å². The molecule has 0 aliphatic carbocycles. The Bertz CT molecular complexity index is 148. The Morgan fingerprint density at radius 3 is 2.29 bits per heavy atom. The molecule has 1 saturated heterocycles. The fourth-order valence-electron chi connectivity index (χ4n) is 2.19. The minimum absolute atomic E-state index is 0.822. The highest BCUT2D eigenvalue weighted by atomic mass is 15.2. The molecule has 1 aliphatic heterocycles. The molecule has 2 nitrogen and oxygen atoms in total. The summed E-state index contributed by atoms with van der Waals surface area (Å²) < 4.78 is 0. The maximum absolute atomic E-state index is 2.63. The van der Waals surface area contributed by atoms with Crippen molar-refractivity contribution in [3.63, 3.8) is 0 Å². The van der Waals surface area contributed by atoms with Gasteiger partial charge < -0.3 is 9.80 Å². The first-order valence-electron chi connectivity index (χ1n) is 6.02. The number of piperidine rings is 1. The van der Waals surface area contributed by atoms with Gasteiger partial charge in [-0.15, -0.1) is 0 Å². The van der Waals surface area contributed by atoms with Crippen molar-refractivity contribution in [2.45, 2.75) is 39.2 Å². The van der Waals surface area contributed by atoms with E-state index in [1.807, 2.05) is 0 Å². The molecule has 0 unspecified atom stereocenters. The second kappa shape index (κ2) is 5.72. The van der Waals surface area contributed by atoms with Gasteiger partial charge in [-0.2, -0.15) is 0 Å². The molecule has 0 aromatic rings. The van der Waals surface area contributed by atoms with Crippen molar-refractivity contribution in [3.05, 3.63) is 0 Å². The average molecular weight is 198 g/mol. The first-order chi connectivity index (χ1) is 6.63. The lowest BCUT2D eigenvalue weighted by molar-refractivity contribution is 0.131. The van der Waals surface area contributed by atoms with E-state index >= 15 is 0 Å². The summed E-state index contributed by atoms with van der Waals surface area (Å²) in [7, 11) is 4.41. The van der Waals surface area contributed by atoms with Crippen LogP contribution in [0.25, 0.3) is 0 Å². The van der Waals surface area contributed by atoms with E-state index in [-0.39, 0.29) is 0 Å². The smallest absolute Gasteiger partial charge is 0.0113 e. The minimum Gasteiger partial charge on any atom is -0.306 e. The van der Waals surface area contributed by atoms with Gasteiger partial charge in [-0.1, -0.05) is 20.3 Å². The largest absolute Gasteiger partial charge is 0.306 e. The van der Waals surface area contributed by atoms with E-state index in [9.17, 15) is 0 Å². The molecule has 0 spiro atoms. The molecule has 1 heterocycles. The maximum Gasteiger partial charge on any atom is 0.0113 e. The van der Waals surface area contributed by atoms with Crippen molar-refractivity contribution < 1.29 is 0 Å². The highest BCUT2D eigenvalue weighted by Gasteiger charge is 2.20. The summed E-state index contributed by atoms with van der Waals surface area (Å²) in [5, 5.41) is 0. The second-order valence-electron chi connectivity index (χ2n) is 5.01. The third-order valence-electron chi connectivity index (χ3n) is 3.55. The number of likely N-dealkylation sites (tertiary alicyclic amines) is 1. The number of hydrogen-bond acceptors (Lipinski definition) is 2. The first kappa shape index (κ1) is 12.0. The lowest BCUT2D eigenvalue weighted by atomic mass is 10.0. The molecule has 0 radical (unpaired) electrons. The molecule has 1 rings (SSSR count). The zero-order chi connectivity index (χ0) is 10.6. The molecule has 14 heavy (non-hydrogen) atoms. The van der Waals surface area contributed by atoms with Crippen molar-refractivity contribution >= 4 is 0 Å². The van der Waals surface area contributed by atoms with Crippen molar-refractivity contribution in [2.24, 2.45) is 5.92 Å². The highest BCUT2D eigenvalue weighted by molar-refractivity contribution is 4.77. The average Bonchev–Trinajstić information content (AvgIpc) is 2.18. The van der Waals surface area contributed by atoms with Gasteiger partial charge >= 0.3 is 0 Å². The summed E-state index contributed by atoms with van der Waals surface area (Å²) in [5.41, 5.74) is 0. The molecule has 1 fully saturated rings. The van der Waals surface area contributed by atoms with Crippen LogP contribution in [0.5, 0.6) is 0 Å². The molecule has 0 aromatic carbocycles. The van der Waals surface area contributed by atoms with E-state index in [4.69, 9.17) is 0 Å².